The van der Waals surface area contributed by atoms with Crippen molar-refractivity contribution in [3.8, 4) is 11.4 Å². The summed E-state index contributed by atoms with van der Waals surface area (Å²) in [6.07, 6.45) is 3.99. The minimum atomic E-state index is 0.454. The monoisotopic (exact) mass is 293 g/mol. The molecule has 5 heteroatoms. The van der Waals surface area contributed by atoms with Crippen LogP contribution in [0.15, 0.2) is 42.5 Å². The van der Waals surface area contributed by atoms with Gasteiger partial charge >= 0.3 is 0 Å². The van der Waals surface area contributed by atoms with Gasteiger partial charge in [-0.1, -0.05) is 36.8 Å². The SMILES string of the molecule is CC(Nc1ccc2nnc(-c3ccccc3)n2n1)C1CCC1. The molecule has 2 aromatic heterocycles. The van der Waals surface area contributed by atoms with Gasteiger partial charge < -0.3 is 5.32 Å². The number of hydrogen-bond acceptors (Lipinski definition) is 4. The van der Waals surface area contributed by atoms with E-state index in [0.29, 0.717) is 6.04 Å². The van der Waals surface area contributed by atoms with Gasteiger partial charge in [0.15, 0.2) is 11.5 Å². The molecule has 112 valence electrons. The molecule has 0 bridgehead atoms. The highest BCUT2D eigenvalue weighted by atomic mass is 15.4. The van der Waals surface area contributed by atoms with Crippen LogP contribution in [-0.2, 0) is 0 Å². The first-order chi connectivity index (χ1) is 10.8. The maximum atomic E-state index is 4.67. The highest BCUT2D eigenvalue weighted by Gasteiger charge is 2.24. The normalized spacial score (nSPS) is 16.4. The smallest absolute Gasteiger partial charge is 0.185 e. The summed E-state index contributed by atoms with van der Waals surface area (Å²) in [6, 6.07) is 14.4. The van der Waals surface area contributed by atoms with Crippen LogP contribution in [-0.4, -0.2) is 25.9 Å². The zero-order valence-corrected chi connectivity index (χ0v) is 12.6. The van der Waals surface area contributed by atoms with Crippen molar-refractivity contribution in [3.05, 3.63) is 42.5 Å². The molecule has 1 aliphatic rings. The van der Waals surface area contributed by atoms with E-state index < -0.39 is 0 Å². The Morgan fingerprint density at radius 1 is 1.09 bits per heavy atom. The van der Waals surface area contributed by atoms with E-state index in [4.69, 9.17) is 0 Å². The summed E-state index contributed by atoms with van der Waals surface area (Å²) < 4.78 is 1.81. The Morgan fingerprint density at radius 2 is 1.91 bits per heavy atom. The molecule has 1 N–H and O–H groups in total. The zero-order chi connectivity index (χ0) is 14.9. The van der Waals surface area contributed by atoms with Gasteiger partial charge in [0.1, 0.15) is 5.82 Å². The maximum absolute atomic E-state index is 4.67. The predicted molar refractivity (Wildman–Crippen MR) is 86.6 cm³/mol. The summed E-state index contributed by atoms with van der Waals surface area (Å²) in [6.45, 7) is 2.24. The van der Waals surface area contributed by atoms with Gasteiger partial charge in [-0.15, -0.1) is 15.3 Å². The largest absolute Gasteiger partial charge is 0.366 e. The minimum Gasteiger partial charge on any atom is -0.366 e. The van der Waals surface area contributed by atoms with Gasteiger partial charge in [-0.05, 0) is 37.8 Å². The summed E-state index contributed by atoms with van der Waals surface area (Å²) in [5.74, 6) is 2.42. The molecule has 1 unspecified atom stereocenters. The molecule has 5 nitrogen and oxygen atoms in total. The highest BCUT2D eigenvalue weighted by Crippen LogP contribution is 2.30. The highest BCUT2D eigenvalue weighted by molar-refractivity contribution is 5.59. The second-order valence-electron chi connectivity index (χ2n) is 6.00. The van der Waals surface area contributed by atoms with Crippen molar-refractivity contribution >= 4 is 11.5 Å². The quantitative estimate of drug-likeness (QED) is 0.801. The second-order valence-corrected chi connectivity index (χ2v) is 6.00. The molecule has 1 atom stereocenters. The molecule has 1 fully saturated rings. The van der Waals surface area contributed by atoms with E-state index in [0.717, 1.165) is 28.8 Å². The van der Waals surface area contributed by atoms with Crippen LogP contribution >= 0.6 is 0 Å². The van der Waals surface area contributed by atoms with Crippen molar-refractivity contribution in [2.45, 2.75) is 32.2 Å². The Kier molecular flexibility index (Phi) is 3.25. The number of hydrogen-bond donors (Lipinski definition) is 1. The number of aromatic nitrogens is 4. The van der Waals surface area contributed by atoms with Gasteiger partial charge in [0.2, 0.25) is 0 Å². The molecule has 1 aliphatic carbocycles. The summed E-state index contributed by atoms with van der Waals surface area (Å²) >= 11 is 0. The Labute approximate surface area is 129 Å². The first kappa shape index (κ1) is 13.2. The fraction of sp³-hybridized carbons (Fsp3) is 0.353. The minimum absolute atomic E-state index is 0.454. The van der Waals surface area contributed by atoms with Crippen LogP contribution < -0.4 is 5.32 Å². The van der Waals surface area contributed by atoms with Crippen molar-refractivity contribution in [2.75, 3.05) is 5.32 Å². The molecule has 2 heterocycles. The van der Waals surface area contributed by atoms with Crippen molar-refractivity contribution in [1.29, 1.82) is 0 Å². The number of nitrogens with zero attached hydrogens (tertiary/aromatic N) is 4. The summed E-state index contributed by atoms with van der Waals surface area (Å²) in [4.78, 5) is 0. The molecule has 0 spiro atoms. The van der Waals surface area contributed by atoms with Crippen LogP contribution in [0.1, 0.15) is 26.2 Å². The van der Waals surface area contributed by atoms with Crippen molar-refractivity contribution < 1.29 is 0 Å². The fourth-order valence-corrected chi connectivity index (χ4v) is 2.92. The molecule has 0 aliphatic heterocycles. The lowest BCUT2D eigenvalue weighted by Crippen LogP contribution is -2.31. The third kappa shape index (κ3) is 2.32. The number of rotatable bonds is 4. The molecule has 0 saturated heterocycles. The predicted octanol–water partition coefficient (Wildman–Crippen LogP) is 3.39. The van der Waals surface area contributed by atoms with E-state index in [2.05, 4.69) is 27.5 Å². The van der Waals surface area contributed by atoms with E-state index in [-0.39, 0.29) is 0 Å². The topological polar surface area (TPSA) is 55.1 Å². The third-order valence-corrected chi connectivity index (χ3v) is 4.53. The third-order valence-electron chi connectivity index (χ3n) is 4.53. The van der Waals surface area contributed by atoms with Gasteiger partial charge in [0.05, 0.1) is 0 Å². The molecule has 1 aromatic carbocycles. The Morgan fingerprint density at radius 3 is 2.64 bits per heavy atom. The Balaban J connectivity index is 1.67. The molecular weight excluding hydrogens is 274 g/mol. The summed E-state index contributed by atoms with van der Waals surface area (Å²) in [5.41, 5.74) is 1.78. The summed E-state index contributed by atoms with van der Waals surface area (Å²) in [5, 5.41) is 16.7. The van der Waals surface area contributed by atoms with Crippen LogP contribution in [0.25, 0.3) is 17.0 Å². The van der Waals surface area contributed by atoms with Crippen molar-refractivity contribution in [3.63, 3.8) is 0 Å². The van der Waals surface area contributed by atoms with Crippen LogP contribution in [0, 0.1) is 5.92 Å². The van der Waals surface area contributed by atoms with Gasteiger partial charge in [-0.25, -0.2) is 0 Å². The molecule has 0 amide bonds. The van der Waals surface area contributed by atoms with E-state index in [1.165, 1.54) is 19.3 Å². The van der Waals surface area contributed by atoms with Crippen molar-refractivity contribution in [2.24, 2.45) is 5.92 Å². The molecule has 4 rings (SSSR count). The number of fused-ring (bicyclic) bond motifs is 1. The molecule has 3 aromatic rings. The Bertz CT molecular complexity index is 776. The summed E-state index contributed by atoms with van der Waals surface area (Å²) in [7, 11) is 0. The lowest BCUT2D eigenvalue weighted by molar-refractivity contribution is 0.284. The first-order valence-corrected chi connectivity index (χ1v) is 7.86. The lowest BCUT2D eigenvalue weighted by atomic mass is 9.80. The van der Waals surface area contributed by atoms with Crippen molar-refractivity contribution in [1.82, 2.24) is 19.8 Å². The van der Waals surface area contributed by atoms with Gasteiger partial charge in [-0.2, -0.15) is 4.52 Å². The van der Waals surface area contributed by atoms with E-state index in [9.17, 15) is 0 Å². The molecule has 1 saturated carbocycles. The van der Waals surface area contributed by atoms with E-state index in [1.54, 1.807) is 0 Å². The van der Waals surface area contributed by atoms with Gasteiger partial charge in [-0.3, -0.25) is 0 Å². The molecule has 22 heavy (non-hydrogen) atoms. The fourth-order valence-electron chi connectivity index (χ4n) is 2.92. The lowest BCUT2D eigenvalue weighted by Gasteiger charge is -2.32. The molecule has 0 radical (unpaired) electrons. The van der Waals surface area contributed by atoms with E-state index >= 15 is 0 Å². The average molecular weight is 293 g/mol. The number of nitrogens with one attached hydrogen (secondary N) is 1. The van der Waals surface area contributed by atoms with Gasteiger partial charge in [0, 0.05) is 11.6 Å². The Hall–Kier alpha value is -2.43. The van der Waals surface area contributed by atoms with Gasteiger partial charge in [0.25, 0.3) is 0 Å². The average Bonchev–Trinajstić information content (AvgIpc) is 2.89. The molecular formula is C17H19N5. The number of anilines is 1. The van der Waals surface area contributed by atoms with Crippen LogP contribution in [0.4, 0.5) is 5.82 Å². The first-order valence-electron chi connectivity index (χ1n) is 7.86. The maximum Gasteiger partial charge on any atom is 0.185 e. The van der Waals surface area contributed by atoms with Crippen LogP contribution in [0.5, 0.6) is 0 Å². The van der Waals surface area contributed by atoms with Crippen LogP contribution in [0.3, 0.4) is 0 Å². The number of benzene rings is 1. The zero-order valence-electron chi connectivity index (χ0n) is 12.6. The van der Waals surface area contributed by atoms with Crippen LogP contribution in [0.2, 0.25) is 0 Å². The van der Waals surface area contributed by atoms with E-state index in [1.807, 2.05) is 47.0 Å². The second kappa shape index (κ2) is 5.40. The standard InChI is InChI=1S/C17H19N5/c1-12(13-8-5-9-13)18-15-10-11-16-19-20-17(22(16)21-15)14-6-3-2-4-7-14/h2-4,6-7,10-13H,5,8-9H2,1H3,(H,18,21).